The molecule has 0 spiro atoms. The normalized spacial score (nSPS) is 24.2. The molecule has 0 aliphatic carbocycles. The van der Waals surface area contributed by atoms with Crippen molar-refractivity contribution in [3.8, 4) is 0 Å². The van der Waals surface area contributed by atoms with Gasteiger partial charge in [-0.15, -0.1) is 0 Å². The number of thiazole rings is 1. The fourth-order valence-electron chi connectivity index (χ4n) is 2.29. The Bertz CT molecular complexity index is 359. The highest BCUT2D eigenvalue weighted by Gasteiger charge is 2.29. The summed E-state index contributed by atoms with van der Waals surface area (Å²) in [6, 6.07) is 0.400. The SMILES string of the molecule is CCc1nc(N(C)C2CCOC2C)sc1CO. The minimum atomic E-state index is 0.0887. The van der Waals surface area contributed by atoms with Gasteiger partial charge in [0.2, 0.25) is 0 Å². The number of rotatable bonds is 4. The van der Waals surface area contributed by atoms with Crippen LogP contribution in [0.15, 0.2) is 0 Å². The molecule has 1 saturated heterocycles. The lowest BCUT2D eigenvalue weighted by Gasteiger charge is -2.26. The number of aliphatic hydroxyl groups is 1. The van der Waals surface area contributed by atoms with Crippen LogP contribution in [-0.4, -0.2) is 35.9 Å². The molecule has 1 aromatic rings. The predicted octanol–water partition coefficient (Wildman–Crippen LogP) is 1.81. The minimum Gasteiger partial charge on any atom is -0.391 e. The van der Waals surface area contributed by atoms with Crippen molar-refractivity contribution in [2.24, 2.45) is 0 Å². The lowest BCUT2D eigenvalue weighted by molar-refractivity contribution is 0.118. The fraction of sp³-hybridized carbons (Fsp3) is 0.750. The number of likely N-dealkylation sites (N-methyl/N-ethyl adjacent to an activating group) is 1. The summed E-state index contributed by atoms with van der Waals surface area (Å²) in [5, 5.41) is 10.3. The van der Waals surface area contributed by atoms with E-state index in [4.69, 9.17) is 4.74 Å². The van der Waals surface area contributed by atoms with Gasteiger partial charge in [-0.25, -0.2) is 4.98 Å². The van der Waals surface area contributed by atoms with Crippen LogP contribution in [0.25, 0.3) is 0 Å². The molecule has 0 aromatic carbocycles. The van der Waals surface area contributed by atoms with Gasteiger partial charge in [-0.05, 0) is 19.8 Å². The van der Waals surface area contributed by atoms with Crippen molar-refractivity contribution in [3.05, 3.63) is 10.6 Å². The zero-order valence-electron chi connectivity index (χ0n) is 10.6. The number of aromatic nitrogens is 1. The maximum atomic E-state index is 9.29. The molecule has 0 amide bonds. The average molecular weight is 256 g/mol. The summed E-state index contributed by atoms with van der Waals surface area (Å²) in [6.07, 6.45) is 2.18. The maximum absolute atomic E-state index is 9.29. The van der Waals surface area contributed by atoms with Gasteiger partial charge in [0, 0.05) is 13.7 Å². The molecule has 0 bridgehead atoms. The smallest absolute Gasteiger partial charge is 0.185 e. The van der Waals surface area contributed by atoms with E-state index < -0.39 is 0 Å². The summed E-state index contributed by atoms with van der Waals surface area (Å²) in [6.45, 7) is 5.09. The number of aliphatic hydroxyl groups excluding tert-OH is 1. The molecule has 0 radical (unpaired) electrons. The highest BCUT2D eigenvalue weighted by atomic mass is 32.1. The van der Waals surface area contributed by atoms with Crippen molar-refractivity contribution in [1.82, 2.24) is 4.98 Å². The maximum Gasteiger partial charge on any atom is 0.185 e. The second-order valence-corrected chi connectivity index (χ2v) is 5.48. The minimum absolute atomic E-state index is 0.0887. The molecule has 1 aliphatic heterocycles. The molecular weight excluding hydrogens is 236 g/mol. The van der Waals surface area contributed by atoms with E-state index in [1.807, 2.05) is 0 Å². The average Bonchev–Trinajstić information content (AvgIpc) is 2.93. The standard InChI is InChI=1S/C12H20N2O2S/c1-4-9-11(7-15)17-12(13-9)14(3)10-5-6-16-8(10)2/h8,10,15H,4-7H2,1-3H3. The largest absolute Gasteiger partial charge is 0.391 e. The summed E-state index contributed by atoms with van der Waals surface area (Å²) in [4.78, 5) is 7.79. The second kappa shape index (κ2) is 5.33. The molecule has 1 fully saturated rings. The summed E-state index contributed by atoms with van der Waals surface area (Å²) in [5.74, 6) is 0. The van der Waals surface area contributed by atoms with Crippen LogP contribution in [-0.2, 0) is 17.8 Å². The predicted molar refractivity (Wildman–Crippen MR) is 69.6 cm³/mol. The molecule has 2 atom stereocenters. The van der Waals surface area contributed by atoms with E-state index in [0.717, 1.165) is 35.2 Å². The Kier molecular flexibility index (Phi) is 4.01. The Labute approximate surface area is 106 Å². The van der Waals surface area contributed by atoms with Gasteiger partial charge in [-0.3, -0.25) is 0 Å². The van der Waals surface area contributed by atoms with Gasteiger partial charge in [0.15, 0.2) is 5.13 Å². The van der Waals surface area contributed by atoms with Crippen LogP contribution < -0.4 is 4.90 Å². The first-order valence-corrected chi connectivity index (χ1v) is 6.92. The first-order chi connectivity index (χ1) is 8.17. The van der Waals surface area contributed by atoms with Gasteiger partial charge in [-0.2, -0.15) is 0 Å². The van der Waals surface area contributed by atoms with Crippen molar-refractivity contribution >= 4 is 16.5 Å². The van der Waals surface area contributed by atoms with E-state index in [0.29, 0.717) is 6.04 Å². The van der Waals surface area contributed by atoms with Gasteiger partial charge in [0.05, 0.1) is 29.3 Å². The number of anilines is 1. The number of nitrogens with zero attached hydrogens (tertiary/aromatic N) is 2. The Hall–Kier alpha value is -0.650. The second-order valence-electron chi connectivity index (χ2n) is 4.42. The van der Waals surface area contributed by atoms with Gasteiger partial charge >= 0.3 is 0 Å². The number of aryl methyl sites for hydroxylation is 1. The molecular formula is C12H20N2O2S. The molecule has 1 aliphatic rings. The van der Waals surface area contributed by atoms with Crippen LogP contribution in [0, 0.1) is 0 Å². The summed E-state index contributed by atoms with van der Waals surface area (Å²) >= 11 is 1.59. The molecule has 1 N–H and O–H groups in total. The monoisotopic (exact) mass is 256 g/mol. The Morgan fingerprint density at radius 3 is 2.82 bits per heavy atom. The van der Waals surface area contributed by atoms with Crippen LogP contribution in [0.4, 0.5) is 5.13 Å². The van der Waals surface area contributed by atoms with Gasteiger partial charge < -0.3 is 14.7 Å². The molecule has 17 heavy (non-hydrogen) atoms. The van der Waals surface area contributed by atoms with Crippen LogP contribution in [0.1, 0.15) is 30.8 Å². The third-order valence-electron chi connectivity index (χ3n) is 3.38. The first-order valence-electron chi connectivity index (χ1n) is 6.11. The third kappa shape index (κ3) is 2.46. The Morgan fingerprint density at radius 1 is 1.59 bits per heavy atom. The van der Waals surface area contributed by atoms with Crippen LogP contribution >= 0.6 is 11.3 Å². The van der Waals surface area contributed by atoms with Crippen molar-refractivity contribution in [2.75, 3.05) is 18.6 Å². The Balaban J connectivity index is 2.18. The number of hydrogen-bond acceptors (Lipinski definition) is 5. The summed E-state index contributed by atoms with van der Waals surface area (Å²) < 4.78 is 5.58. The zero-order valence-corrected chi connectivity index (χ0v) is 11.5. The van der Waals surface area contributed by atoms with Crippen LogP contribution in [0.3, 0.4) is 0 Å². The summed E-state index contributed by atoms with van der Waals surface area (Å²) in [5.41, 5.74) is 1.02. The van der Waals surface area contributed by atoms with Crippen LogP contribution in [0.2, 0.25) is 0 Å². The Morgan fingerprint density at radius 2 is 2.35 bits per heavy atom. The van der Waals surface area contributed by atoms with E-state index >= 15 is 0 Å². The van der Waals surface area contributed by atoms with Crippen molar-refractivity contribution < 1.29 is 9.84 Å². The molecule has 96 valence electrons. The van der Waals surface area contributed by atoms with Gasteiger partial charge in [0.25, 0.3) is 0 Å². The van der Waals surface area contributed by atoms with Crippen molar-refractivity contribution in [2.45, 2.75) is 45.4 Å². The molecule has 2 unspecified atom stereocenters. The van der Waals surface area contributed by atoms with E-state index in [1.54, 1.807) is 11.3 Å². The van der Waals surface area contributed by atoms with Crippen molar-refractivity contribution in [1.29, 1.82) is 0 Å². The molecule has 4 nitrogen and oxygen atoms in total. The van der Waals surface area contributed by atoms with E-state index in [1.165, 1.54) is 0 Å². The molecule has 2 heterocycles. The van der Waals surface area contributed by atoms with Crippen LogP contribution in [0.5, 0.6) is 0 Å². The van der Waals surface area contributed by atoms with Gasteiger partial charge in [-0.1, -0.05) is 18.3 Å². The lowest BCUT2D eigenvalue weighted by atomic mass is 10.1. The van der Waals surface area contributed by atoms with E-state index in [2.05, 4.69) is 30.8 Å². The number of hydrogen-bond donors (Lipinski definition) is 1. The highest BCUT2D eigenvalue weighted by Crippen LogP contribution is 2.30. The van der Waals surface area contributed by atoms with E-state index in [9.17, 15) is 5.11 Å². The molecule has 0 saturated carbocycles. The molecule has 1 aromatic heterocycles. The number of ether oxygens (including phenoxy) is 1. The fourth-order valence-corrected chi connectivity index (χ4v) is 3.32. The summed E-state index contributed by atoms with van der Waals surface area (Å²) in [7, 11) is 2.06. The lowest BCUT2D eigenvalue weighted by Crippen LogP contribution is -2.36. The molecule has 2 rings (SSSR count). The van der Waals surface area contributed by atoms with Crippen molar-refractivity contribution in [3.63, 3.8) is 0 Å². The first kappa shape index (κ1) is 12.8. The topological polar surface area (TPSA) is 45.6 Å². The quantitative estimate of drug-likeness (QED) is 0.892. The molecule has 5 heteroatoms. The van der Waals surface area contributed by atoms with E-state index in [-0.39, 0.29) is 12.7 Å². The highest BCUT2D eigenvalue weighted by molar-refractivity contribution is 7.15. The zero-order chi connectivity index (χ0) is 12.4. The third-order valence-corrected chi connectivity index (χ3v) is 4.55. The van der Waals surface area contributed by atoms with Gasteiger partial charge in [0.1, 0.15) is 0 Å².